The van der Waals surface area contributed by atoms with Crippen LogP contribution in [-0.2, 0) is 11.0 Å². The van der Waals surface area contributed by atoms with Crippen molar-refractivity contribution in [1.29, 1.82) is 0 Å². The Morgan fingerprint density at radius 2 is 1.48 bits per heavy atom. The molecule has 1 amide bonds. The summed E-state index contributed by atoms with van der Waals surface area (Å²) < 4.78 is 75.9. The fraction of sp³-hybridized carbons (Fsp3) is 0.235. The quantitative estimate of drug-likeness (QED) is 0.496. The number of thioether (sulfide) groups is 1. The molecule has 0 saturated carbocycles. The number of alkyl halides is 6. The Labute approximate surface area is 155 Å². The molecule has 0 bridgehead atoms. The Kier molecular flexibility index (Phi) is 6.63. The fourth-order valence-corrected chi connectivity index (χ4v) is 2.90. The summed E-state index contributed by atoms with van der Waals surface area (Å²) in [6, 6.07) is 10.6. The molecule has 0 aromatic heterocycles. The highest BCUT2D eigenvalue weighted by Crippen LogP contribution is 2.35. The van der Waals surface area contributed by atoms with Crippen molar-refractivity contribution in [3.63, 3.8) is 0 Å². The average Bonchev–Trinajstić information content (AvgIpc) is 2.57. The lowest BCUT2D eigenvalue weighted by Crippen LogP contribution is -2.23. The van der Waals surface area contributed by atoms with E-state index < -0.39 is 41.8 Å². The van der Waals surface area contributed by atoms with Crippen LogP contribution in [-0.4, -0.2) is 24.4 Å². The summed E-state index contributed by atoms with van der Waals surface area (Å²) in [5.41, 5.74) is -1.10. The minimum absolute atomic E-state index is 0.276. The van der Waals surface area contributed by atoms with Crippen LogP contribution in [0.1, 0.15) is 5.56 Å². The van der Waals surface area contributed by atoms with Gasteiger partial charge in [-0.05, 0) is 24.3 Å². The molecule has 27 heavy (non-hydrogen) atoms. The van der Waals surface area contributed by atoms with Gasteiger partial charge in [-0.1, -0.05) is 24.3 Å². The molecule has 0 heterocycles. The highest BCUT2D eigenvalue weighted by molar-refractivity contribution is 7.99. The largest absolute Gasteiger partial charge is 0.418 e. The molecule has 0 radical (unpaired) electrons. The number of nitrogens with one attached hydrogen (secondary N) is 2. The summed E-state index contributed by atoms with van der Waals surface area (Å²) in [6.45, 7) is -0.407. The molecular formula is C17H14F6N2OS. The zero-order valence-electron chi connectivity index (χ0n) is 13.6. The van der Waals surface area contributed by atoms with E-state index in [1.165, 1.54) is 24.3 Å². The van der Waals surface area contributed by atoms with E-state index in [9.17, 15) is 31.1 Å². The Bertz CT molecular complexity index is 791. The Balaban J connectivity index is 2.01. The van der Waals surface area contributed by atoms with Gasteiger partial charge in [0.2, 0.25) is 5.91 Å². The Morgan fingerprint density at radius 3 is 2.11 bits per heavy atom. The number of hydrogen-bond acceptors (Lipinski definition) is 3. The zero-order valence-corrected chi connectivity index (χ0v) is 14.4. The first-order valence-electron chi connectivity index (χ1n) is 7.55. The minimum atomic E-state index is -4.63. The molecule has 0 spiro atoms. The fourth-order valence-electron chi connectivity index (χ4n) is 2.11. The van der Waals surface area contributed by atoms with Crippen LogP contribution in [0.4, 0.5) is 37.7 Å². The van der Waals surface area contributed by atoms with E-state index in [1.807, 2.05) is 0 Å². The lowest BCUT2D eigenvalue weighted by atomic mass is 10.1. The van der Waals surface area contributed by atoms with E-state index in [1.54, 1.807) is 12.1 Å². The van der Waals surface area contributed by atoms with Gasteiger partial charge < -0.3 is 10.6 Å². The van der Waals surface area contributed by atoms with Crippen LogP contribution >= 0.6 is 11.8 Å². The predicted octanol–water partition coefficient (Wildman–Crippen LogP) is 5.41. The number of carbonyl (C=O) groups excluding carboxylic acids is 1. The van der Waals surface area contributed by atoms with Crippen molar-refractivity contribution in [3.8, 4) is 0 Å². The van der Waals surface area contributed by atoms with Crippen molar-refractivity contribution in [2.24, 2.45) is 0 Å². The molecular weight excluding hydrogens is 394 g/mol. The number of hydrogen-bond donors (Lipinski definition) is 2. The standard InChI is InChI=1S/C17H14F6N2OS/c18-16(19,20)10-27-14-8-4-3-7-13(14)24-9-15(26)25-12-6-2-1-5-11(12)17(21,22)23/h1-8,24H,9-10H2,(H,25,26). The molecule has 0 aliphatic rings. The summed E-state index contributed by atoms with van der Waals surface area (Å²) in [7, 11) is 0. The van der Waals surface area contributed by atoms with E-state index in [4.69, 9.17) is 0 Å². The van der Waals surface area contributed by atoms with Gasteiger partial charge in [0.1, 0.15) is 0 Å². The van der Waals surface area contributed by atoms with Gasteiger partial charge in [-0.2, -0.15) is 26.3 Å². The highest BCUT2D eigenvalue weighted by Gasteiger charge is 2.33. The summed E-state index contributed by atoms with van der Waals surface area (Å²) in [5.74, 6) is -1.86. The van der Waals surface area contributed by atoms with Gasteiger partial charge in [-0.3, -0.25) is 4.79 Å². The highest BCUT2D eigenvalue weighted by atomic mass is 32.2. The molecule has 146 valence electrons. The van der Waals surface area contributed by atoms with Crippen LogP contribution in [0.5, 0.6) is 0 Å². The lowest BCUT2D eigenvalue weighted by Gasteiger charge is -2.15. The maximum atomic E-state index is 12.9. The maximum Gasteiger partial charge on any atom is 0.418 e. The number of rotatable bonds is 6. The molecule has 0 atom stereocenters. The van der Waals surface area contributed by atoms with Crippen LogP contribution in [0.25, 0.3) is 0 Å². The monoisotopic (exact) mass is 408 g/mol. The Morgan fingerprint density at radius 1 is 0.889 bits per heavy atom. The normalized spacial score (nSPS) is 11.9. The zero-order chi connectivity index (χ0) is 20.1. The summed E-state index contributed by atoms with van der Waals surface area (Å²) in [6.07, 6.45) is -8.98. The number of halogens is 6. The topological polar surface area (TPSA) is 41.1 Å². The smallest absolute Gasteiger partial charge is 0.375 e. The third kappa shape index (κ3) is 6.70. The molecule has 0 fully saturated rings. The third-order valence-corrected chi connectivity index (χ3v) is 4.36. The molecule has 2 N–H and O–H groups in total. The van der Waals surface area contributed by atoms with E-state index >= 15 is 0 Å². The maximum absolute atomic E-state index is 12.9. The number of para-hydroxylation sites is 2. The molecule has 0 saturated heterocycles. The molecule has 2 aromatic carbocycles. The molecule has 3 nitrogen and oxygen atoms in total. The van der Waals surface area contributed by atoms with Crippen LogP contribution in [0, 0.1) is 0 Å². The first-order valence-corrected chi connectivity index (χ1v) is 8.53. The SMILES string of the molecule is O=C(CNc1ccccc1SCC(F)(F)F)Nc1ccccc1C(F)(F)F. The molecule has 10 heteroatoms. The minimum Gasteiger partial charge on any atom is -0.375 e. The van der Waals surface area contributed by atoms with Crippen molar-refractivity contribution in [1.82, 2.24) is 0 Å². The second kappa shape index (κ2) is 8.55. The molecule has 2 aromatic rings. The van der Waals surface area contributed by atoms with Crippen LogP contribution in [0.3, 0.4) is 0 Å². The molecule has 0 aliphatic heterocycles. The first-order chi connectivity index (χ1) is 12.6. The number of anilines is 2. The van der Waals surface area contributed by atoms with Crippen LogP contribution < -0.4 is 10.6 Å². The van der Waals surface area contributed by atoms with Gasteiger partial charge >= 0.3 is 12.4 Å². The van der Waals surface area contributed by atoms with Crippen LogP contribution in [0.15, 0.2) is 53.4 Å². The van der Waals surface area contributed by atoms with Crippen molar-refractivity contribution in [2.75, 3.05) is 22.9 Å². The summed E-state index contributed by atoms with van der Waals surface area (Å²) in [5, 5.41) is 4.80. The Hall–Kier alpha value is -2.36. The first kappa shape index (κ1) is 20.9. The summed E-state index contributed by atoms with van der Waals surface area (Å²) >= 11 is 0.547. The molecule has 2 rings (SSSR count). The van der Waals surface area contributed by atoms with Crippen molar-refractivity contribution < 1.29 is 31.1 Å². The van der Waals surface area contributed by atoms with Gasteiger partial charge in [0.25, 0.3) is 0 Å². The predicted molar refractivity (Wildman–Crippen MR) is 91.8 cm³/mol. The van der Waals surface area contributed by atoms with Crippen molar-refractivity contribution in [2.45, 2.75) is 17.2 Å². The van der Waals surface area contributed by atoms with Gasteiger partial charge in [-0.25, -0.2) is 0 Å². The number of benzene rings is 2. The number of amides is 1. The van der Waals surface area contributed by atoms with E-state index in [2.05, 4.69) is 10.6 Å². The average molecular weight is 408 g/mol. The molecule has 0 aliphatic carbocycles. The van der Waals surface area contributed by atoms with E-state index in [0.29, 0.717) is 11.8 Å². The van der Waals surface area contributed by atoms with Crippen LogP contribution in [0.2, 0.25) is 0 Å². The van der Waals surface area contributed by atoms with Crippen molar-refractivity contribution in [3.05, 3.63) is 54.1 Å². The van der Waals surface area contributed by atoms with Gasteiger partial charge in [0.15, 0.2) is 0 Å². The van der Waals surface area contributed by atoms with Gasteiger partial charge in [0, 0.05) is 10.6 Å². The van der Waals surface area contributed by atoms with E-state index in [-0.39, 0.29) is 10.6 Å². The molecule has 0 unspecified atom stereocenters. The summed E-state index contributed by atoms with van der Waals surface area (Å²) in [4.78, 5) is 12.2. The van der Waals surface area contributed by atoms with Gasteiger partial charge in [-0.15, -0.1) is 11.8 Å². The van der Waals surface area contributed by atoms with Crippen molar-refractivity contribution >= 4 is 29.0 Å². The lowest BCUT2D eigenvalue weighted by molar-refractivity contribution is -0.137. The second-order valence-electron chi connectivity index (χ2n) is 5.35. The van der Waals surface area contributed by atoms with E-state index in [0.717, 1.165) is 12.1 Å². The number of carbonyl (C=O) groups is 1. The third-order valence-electron chi connectivity index (χ3n) is 3.22. The second-order valence-corrected chi connectivity index (χ2v) is 6.36. The van der Waals surface area contributed by atoms with Gasteiger partial charge in [0.05, 0.1) is 23.5 Å².